The first-order valence-corrected chi connectivity index (χ1v) is 11.5. The number of pyridine rings is 1. The number of ether oxygens (including phenoxy) is 1. The molecule has 1 unspecified atom stereocenters. The number of halogens is 1. The van der Waals surface area contributed by atoms with E-state index in [4.69, 9.17) is 4.74 Å². The third-order valence-electron chi connectivity index (χ3n) is 5.95. The Bertz CT molecular complexity index is 1410. The molecule has 4 aromatic rings. The van der Waals surface area contributed by atoms with Crippen LogP contribution < -0.4 is 10.1 Å². The van der Waals surface area contributed by atoms with Crippen LogP contribution in [0.25, 0.3) is 10.9 Å². The number of aromatic nitrogens is 2. The average molecular weight is 486 g/mol. The molecule has 2 aromatic carbocycles. The maximum atomic E-state index is 15.1. The second kappa shape index (κ2) is 9.99. The summed E-state index contributed by atoms with van der Waals surface area (Å²) >= 11 is 0. The van der Waals surface area contributed by atoms with Crippen molar-refractivity contribution in [2.75, 3.05) is 0 Å². The lowest BCUT2D eigenvalue weighted by Gasteiger charge is -2.21. The molecule has 1 atom stereocenters. The van der Waals surface area contributed by atoms with Crippen LogP contribution in [-0.4, -0.2) is 39.0 Å². The van der Waals surface area contributed by atoms with Gasteiger partial charge in [0.15, 0.2) is 11.6 Å². The molecule has 2 aromatic heterocycles. The van der Waals surface area contributed by atoms with Gasteiger partial charge in [0.1, 0.15) is 11.8 Å². The minimum absolute atomic E-state index is 0.0249. The molecule has 3 heterocycles. The number of aryl methyl sites for hydroxylation is 1. The van der Waals surface area contributed by atoms with Crippen molar-refractivity contribution in [2.24, 2.45) is 5.10 Å². The summed E-state index contributed by atoms with van der Waals surface area (Å²) < 4.78 is 20.8. The van der Waals surface area contributed by atoms with Gasteiger partial charge in [0.2, 0.25) is 11.8 Å². The van der Waals surface area contributed by atoms with Gasteiger partial charge in [0, 0.05) is 47.2 Å². The summed E-state index contributed by atoms with van der Waals surface area (Å²) in [5.74, 6) is -0.919. The Labute approximate surface area is 206 Å². The number of aromatic amines is 1. The highest BCUT2D eigenvalue weighted by molar-refractivity contribution is 5.92. The number of hydrogen-bond donors (Lipinski definition) is 2. The van der Waals surface area contributed by atoms with Gasteiger partial charge in [0.25, 0.3) is 0 Å². The summed E-state index contributed by atoms with van der Waals surface area (Å²) in [6.45, 7) is 2.21. The van der Waals surface area contributed by atoms with Crippen LogP contribution in [0, 0.1) is 12.7 Å². The molecule has 0 aliphatic carbocycles. The number of carbonyl (C=O) groups is 2. The number of carbonyl (C=O) groups excluding carboxylic acids is 2. The van der Waals surface area contributed by atoms with E-state index in [1.165, 1.54) is 18.3 Å². The van der Waals surface area contributed by atoms with Crippen molar-refractivity contribution in [2.45, 2.75) is 32.4 Å². The summed E-state index contributed by atoms with van der Waals surface area (Å²) in [4.78, 5) is 33.1. The number of fused-ring (bicyclic) bond motifs is 1. The van der Waals surface area contributed by atoms with Gasteiger partial charge >= 0.3 is 0 Å². The van der Waals surface area contributed by atoms with E-state index in [2.05, 4.69) is 20.4 Å². The number of nitrogens with zero attached hydrogens (tertiary/aromatic N) is 3. The normalized spacial score (nSPS) is 14.8. The van der Waals surface area contributed by atoms with E-state index in [1.54, 1.807) is 30.6 Å². The van der Waals surface area contributed by atoms with Crippen LogP contribution in [0.2, 0.25) is 0 Å². The standard InChI is InChI=1S/C27H24FN5O3/c1-17-5-7-21(8-6-17)36-24-4-2-3-18(26(24)28)14-25(34)33-23(10-12-31-33)27(35)30-16-20-13-19-15-29-11-9-22(19)32-20/h2-9,11-13,15,23,32H,10,14,16H2,1H3,(H,30,35). The van der Waals surface area contributed by atoms with Crippen LogP contribution >= 0.6 is 0 Å². The average Bonchev–Trinajstić information content (AvgIpc) is 3.53. The van der Waals surface area contributed by atoms with Crippen LogP contribution in [0.4, 0.5) is 4.39 Å². The summed E-state index contributed by atoms with van der Waals surface area (Å²) in [6.07, 6.45) is 4.97. The van der Waals surface area contributed by atoms with Gasteiger partial charge in [-0.05, 0) is 37.3 Å². The van der Waals surface area contributed by atoms with Crippen LogP contribution in [-0.2, 0) is 22.6 Å². The Hall–Kier alpha value is -4.53. The largest absolute Gasteiger partial charge is 0.454 e. The van der Waals surface area contributed by atoms with Crippen molar-refractivity contribution in [3.63, 3.8) is 0 Å². The molecule has 36 heavy (non-hydrogen) atoms. The Morgan fingerprint density at radius 1 is 1.19 bits per heavy atom. The summed E-state index contributed by atoms with van der Waals surface area (Å²) in [5, 5.41) is 8.99. The molecular weight excluding hydrogens is 461 g/mol. The second-order valence-corrected chi connectivity index (χ2v) is 8.58. The first-order valence-electron chi connectivity index (χ1n) is 11.5. The molecule has 2 amide bonds. The van der Waals surface area contributed by atoms with Crippen molar-refractivity contribution in [1.82, 2.24) is 20.3 Å². The van der Waals surface area contributed by atoms with E-state index < -0.39 is 17.8 Å². The number of hydrazone groups is 1. The minimum Gasteiger partial charge on any atom is -0.454 e. The number of H-pyrrole nitrogens is 1. The molecule has 0 saturated carbocycles. The quantitative estimate of drug-likeness (QED) is 0.409. The molecule has 1 aliphatic rings. The molecule has 0 bridgehead atoms. The Morgan fingerprint density at radius 3 is 2.83 bits per heavy atom. The lowest BCUT2D eigenvalue weighted by Crippen LogP contribution is -2.45. The zero-order valence-electron chi connectivity index (χ0n) is 19.6. The van der Waals surface area contributed by atoms with E-state index in [0.29, 0.717) is 5.75 Å². The highest BCUT2D eigenvalue weighted by Gasteiger charge is 2.33. The lowest BCUT2D eigenvalue weighted by molar-refractivity contribution is -0.139. The lowest BCUT2D eigenvalue weighted by atomic mass is 10.1. The highest BCUT2D eigenvalue weighted by atomic mass is 19.1. The van der Waals surface area contributed by atoms with Gasteiger partial charge in [-0.15, -0.1) is 0 Å². The highest BCUT2D eigenvalue weighted by Crippen LogP contribution is 2.27. The molecule has 9 heteroatoms. The van der Waals surface area contributed by atoms with E-state index in [-0.39, 0.29) is 36.6 Å². The van der Waals surface area contributed by atoms with Gasteiger partial charge in [-0.3, -0.25) is 14.6 Å². The molecule has 2 N–H and O–H groups in total. The maximum absolute atomic E-state index is 15.1. The molecule has 0 fully saturated rings. The smallest absolute Gasteiger partial charge is 0.247 e. The summed E-state index contributed by atoms with van der Waals surface area (Å²) in [5.41, 5.74) is 2.96. The van der Waals surface area contributed by atoms with Gasteiger partial charge in [-0.25, -0.2) is 9.40 Å². The van der Waals surface area contributed by atoms with Gasteiger partial charge in [-0.2, -0.15) is 5.10 Å². The fourth-order valence-corrected chi connectivity index (χ4v) is 4.05. The van der Waals surface area contributed by atoms with Crippen molar-refractivity contribution >= 4 is 28.9 Å². The molecule has 0 spiro atoms. The number of nitrogens with one attached hydrogen (secondary N) is 2. The third-order valence-corrected chi connectivity index (χ3v) is 5.95. The number of amides is 2. The SMILES string of the molecule is Cc1ccc(Oc2cccc(CC(=O)N3N=CCC3C(=O)NCc3cc4cnccc4[nH]3)c2F)cc1. The molecule has 5 rings (SSSR count). The number of hydrogen-bond acceptors (Lipinski definition) is 5. The predicted molar refractivity (Wildman–Crippen MR) is 133 cm³/mol. The topological polar surface area (TPSA) is 99.7 Å². The number of benzene rings is 2. The molecule has 0 radical (unpaired) electrons. The van der Waals surface area contributed by atoms with Gasteiger partial charge < -0.3 is 15.0 Å². The van der Waals surface area contributed by atoms with Crippen LogP contribution in [0.5, 0.6) is 11.5 Å². The van der Waals surface area contributed by atoms with E-state index in [9.17, 15) is 9.59 Å². The molecule has 0 saturated heterocycles. The maximum Gasteiger partial charge on any atom is 0.247 e. The zero-order valence-corrected chi connectivity index (χ0v) is 19.6. The van der Waals surface area contributed by atoms with Crippen LogP contribution in [0.3, 0.4) is 0 Å². The van der Waals surface area contributed by atoms with Crippen LogP contribution in [0.15, 0.2) is 72.1 Å². The molecule has 8 nitrogen and oxygen atoms in total. The minimum atomic E-state index is -0.793. The zero-order chi connectivity index (χ0) is 25.1. The molecule has 1 aliphatic heterocycles. The van der Waals surface area contributed by atoms with E-state index >= 15 is 4.39 Å². The monoisotopic (exact) mass is 485 g/mol. The second-order valence-electron chi connectivity index (χ2n) is 8.58. The van der Waals surface area contributed by atoms with Crippen molar-refractivity contribution in [1.29, 1.82) is 0 Å². The first-order chi connectivity index (χ1) is 17.5. The first kappa shape index (κ1) is 23.2. The fraction of sp³-hybridized carbons (Fsp3) is 0.185. The third kappa shape index (κ3) is 4.95. The summed E-state index contributed by atoms with van der Waals surface area (Å²) in [6, 6.07) is 14.9. The fourth-order valence-electron chi connectivity index (χ4n) is 4.05. The van der Waals surface area contributed by atoms with Crippen LogP contribution in [0.1, 0.15) is 23.2 Å². The summed E-state index contributed by atoms with van der Waals surface area (Å²) in [7, 11) is 0. The Balaban J connectivity index is 1.23. The Morgan fingerprint density at radius 2 is 2.03 bits per heavy atom. The van der Waals surface area contributed by atoms with Crippen molar-refractivity contribution in [3.8, 4) is 11.5 Å². The van der Waals surface area contributed by atoms with Gasteiger partial charge in [0.05, 0.1) is 13.0 Å². The predicted octanol–water partition coefficient (Wildman–Crippen LogP) is 4.25. The van der Waals surface area contributed by atoms with E-state index in [0.717, 1.165) is 27.2 Å². The molecule has 182 valence electrons. The van der Waals surface area contributed by atoms with Crippen molar-refractivity contribution < 1.29 is 18.7 Å². The van der Waals surface area contributed by atoms with E-state index in [1.807, 2.05) is 31.2 Å². The Kier molecular flexibility index (Phi) is 6.44. The molecular formula is C27H24FN5O3. The van der Waals surface area contributed by atoms with Gasteiger partial charge in [-0.1, -0.05) is 29.8 Å². The van der Waals surface area contributed by atoms with Crippen molar-refractivity contribution in [3.05, 3.63) is 89.6 Å². The number of rotatable bonds is 7.